The SMILES string of the molecule is C/C(=C\[C@@H](C)C(=O)C[C@H](C(=O)N[C@@H](CCCNC(=O)OCc1ccccc1)C(=O)C[C@@H](CC(C)C)C(=O)NC1=NCCCS1)C(C)C)[C@H](C)Cc1ccccc1. The monoisotopic (exact) mass is 788 g/mol. The first-order valence-corrected chi connectivity index (χ1v) is 21.2. The number of hydrogen-bond donors (Lipinski definition) is 3. The van der Waals surface area contributed by atoms with Gasteiger partial charge in [0.2, 0.25) is 11.8 Å². The number of ether oxygens (including phenoxy) is 1. The number of Topliss-reactive ketones (excluding diaryl/α,β-unsaturated/α-hetero) is 2. The van der Waals surface area contributed by atoms with Crippen LogP contribution >= 0.6 is 11.8 Å². The molecule has 2 aromatic carbocycles. The van der Waals surface area contributed by atoms with Gasteiger partial charge in [-0.1, -0.05) is 126 Å². The maximum Gasteiger partial charge on any atom is 0.407 e. The van der Waals surface area contributed by atoms with E-state index in [0.29, 0.717) is 24.6 Å². The predicted molar refractivity (Wildman–Crippen MR) is 226 cm³/mol. The molecule has 306 valence electrons. The molecule has 0 saturated heterocycles. The maximum absolute atomic E-state index is 14.1. The maximum atomic E-state index is 14.1. The second kappa shape index (κ2) is 24.4. The fourth-order valence-corrected chi connectivity index (χ4v) is 7.48. The molecule has 10 nitrogen and oxygen atoms in total. The van der Waals surface area contributed by atoms with Gasteiger partial charge in [0.25, 0.3) is 0 Å². The van der Waals surface area contributed by atoms with Crippen LogP contribution in [-0.2, 0) is 36.9 Å². The summed E-state index contributed by atoms with van der Waals surface area (Å²) >= 11 is 1.50. The average molecular weight is 789 g/mol. The summed E-state index contributed by atoms with van der Waals surface area (Å²) in [4.78, 5) is 72.0. The summed E-state index contributed by atoms with van der Waals surface area (Å²) in [6.45, 7) is 14.9. The molecule has 0 spiro atoms. The van der Waals surface area contributed by atoms with Gasteiger partial charge in [0, 0.05) is 49.4 Å². The lowest BCUT2D eigenvalue weighted by Gasteiger charge is -2.26. The van der Waals surface area contributed by atoms with Crippen LogP contribution in [-0.4, -0.2) is 59.5 Å². The van der Waals surface area contributed by atoms with Crippen molar-refractivity contribution in [2.45, 2.75) is 106 Å². The molecule has 0 fully saturated rings. The van der Waals surface area contributed by atoms with Gasteiger partial charge in [-0.3, -0.25) is 24.2 Å². The Kier molecular flexibility index (Phi) is 20.1. The molecule has 0 bridgehead atoms. The van der Waals surface area contributed by atoms with Gasteiger partial charge < -0.3 is 20.7 Å². The van der Waals surface area contributed by atoms with Gasteiger partial charge in [-0.05, 0) is 67.9 Å². The number of aliphatic imine (C=N–C) groups is 1. The summed E-state index contributed by atoms with van der Waals surface area (Å²) in [6.07, 6.45) is 4.32. The Hall–Kier alpha value is -4.25. The van der Waals surface area contributed by atoms with Gasteiger partial charge in [-0.25, -0.2) is 4.79 Å². The molecule has 56 heavy (non-hydrogen) atoms. The average Bonchev–Trinajstić information content (AvgIpc) is 3.17. The molecular weight excluding hydrogens is 725 g/mol. The lowest BCUT2D eigenvalue weighted by molar-refractivity contribution is -0.135. The van der Waals surface area contributed by atoms with Gasteiger partial charge in [-0.2, -0.15) is 0 Å². The highest BCUT2D eigenvalue weighted by molar-refractivity contribution is 8.13. The summed E-state index contributed by atoms with van der Waals surface area (Å²) in [5.41, 5.74) is 3.22. The number of alkyl carbamates (subject to hydrolysis) is 1. The number of rotatable bonds is 22. The van der Waals surface area contributed by atoms with E-state index in [2.05, 4.69) is 40.0 Å². The molecule has 1 aliphatic heterocycles. The van der Waals surface area contributed by atoms with Crippen LogP contribution in [0, 0.1) is 35.5 Å². The van der Waals surface area contributed by atoms with E-state index in [0.717, 1.165) is 29.7 Å². The normalized spacial score (nSPS) is 15.9. The number of hydrogen-bond acceptors (Lipinski definition) is 8. The van der Waals surface area contributed by atoms with Gasteiger partial charge in [0.15, 0.2) is 11.0 Å². The van der Waals surface area contributed by atoms with Crippen molar-refractivity contribution in [1.29, 1.82) is 0 Å². The topological polar surface area (TPSA) is 143 Å². The highest BCUT2D eigenvalue weighted by atomic mass is 32.2. The number of ketones is 2. The van der Waals surface area contributed by atoms with E-state index in [4.69, 9.17) is 4.74 Å². The van der Waals surface area contributed by atoms with Crippen LogP contribution in [0.15, 0.2) is 77.3 Å². The second-order valence-corrected chi connectivity index (χ2v) is 17.0. The zero-order valence-electron chi connectivity index (χ0n) is 34.5. The fraction of sp³-hybridized carbons (Fsp3) is 0.556. The summed E-state index contributed by atoms with van der Waals surface area (Å²) < 4.78 is 5.32. The van der Waals surface area contributed by atoms with Crippen LogP contribution in [0.25, 0.3) is 0 Å². The van der Waals surface area contributed by atoms with Crippen molar-refractivity contribution in [3.05, 3.63) is 83.4 Å². The Balaban J connectivity index is 1.70. The van der Waals surface area contributed by atoms with Crippen molar-refractivity contribution >= 4 is 46.4 Å². The van der Waals surface area contributed by atoms with Crippen molar-refractivity contribution < 1.29 is 28.7 Å². The number of benzene rings is 2. The molecule has 0 radical (unpaired) electrons. The number of allylic oxidation sites excluding steroid dienone is 2. The van der Waals surface area contributed by atoms with E-state index < -0.39 is 24.0 Å². The number of carbonyl (C=O) groups excluding carboxylic acids is 5. The van der Waals surface area contributed by atoms with Crippen LogP contribution < -0.4 is 16.0 Å². The molecular formula is C45H64N4O6S. The smallest absolute Gasteiger partial charge is 0.407 e. The van der Waals surface area contributed by atoms with Gasteiger partial charge in [0.05, 0.1) is 6.04 Å². The zero-order valence-corrected chi connectivity index (χ0v) is 35.3. The standard InChI is InChI=1S/C45H64N4O6S/c1-30(2)24-37(42(52)49-44-46-22-15-23-56-44)27-41(51)39(20-14-21-47-45(54)55-29-36-18-12-9-13-19-36)48-43(53)38(31(3)4)28-40(50)34(7)25-32(5)33(6)26-35-16-10-8-11-17-35/h8-13,16-19,25,30-31,33-34,37-39H,14-15,20-24,26-29H2,1-7H3,(H,47,54)(H,48,53)(H,46,49,52)/b32-25+/t33-,34-,37-,38+,39+/m1/s1. The Labute approximate surface area is 338 Å². The molecule has 0 saturated carbocycles. The summed E-state index contributed by atoms with van der Waals surface area (Å²) in [6, 6.07) is 18.7. The molecule has 2 aromatic rings. The molecule has 11 heteroatoms. The molecule has 0 aromatic heterocycles. The first-order chi connectivity index (χ1) is 26.7. The van der Waals surface area contributed by atoms with E-state index in [1.807, 2.05) is 96.1 Å². The zero-order chi connectivity index (χ0) is 41.0. The second-order valence-electron chi connectivity index (χ2n) is 15.9. The van der Waals surface area contributed by atoms with Crippen LogP contribution in [0.2, 0.25) is 0 Å². The molecule has 0 unspecified atom stereocenters. The van der Waals surface area contributed by atoms with Gasteiger partial charge in [0.1, 0.15) is 12.4 Å². The largest absolute Gasteiger partial charge is 0.445 e. The highest BCUT2D eigenvalue weighted by Gasteiger charge is 2.33. The van der Waals surface area contributed by atoms with Crippen molar-refractivity contribution in [2.24, 2.45) is 40.5 Å². The number of carbonyl (C=O) groups is 5. The van der Waals surface area contributed by atoms with Gasteiger partial charge in [-0.15, -0.1) is 0 Å². The van der Waals surface area contributed by atoms with Crippen LogP contribution in [0.1, 0.15) is 98.1 Å². The predicted octanol–water partition coefficient (Wildman–Crippen LogP) is 8.10. The molecule has 3 amide bonds. The van der Waals surface area contributed by atoms with Crippen molar-refractivity contribution in [1.82, 2.24) is 16.0 Å². The van der Waals surface area contributed by atoms with Crippen molar-refractivity contribution in [3.8, 4) is 0 Å². The lowest BCUT2D eigenvalue weighted by Crippen LogP contribution is -2.47. The lowest BCUT2D eigenvalue weighted by atomic mass is 9.84. The van der Waals surface area contributed by atoms with Crippen LogP contribution in [0.3, 0.4) is 0 Å². The minimum atomic E-state index is -0.914. The van der Waals surface area contributed by atoms with E-state index in [1.54, 1.807) is 0 Å². The van der Waals surface area contributed by atoms with Crippen molar-refractivity contribution in [2.75, 3.05) is 18.8 Å². The summed E-state index contributed by atoms with van der Waals surface area (Å²) in [5.74, 6) is -1.47. The van der Waals surface area contributed by atoms with E-state index in [9.17, 15) is 24.0 Å². The number of nitrogens with zero attached hydrogens (tertiary/aromatic N) is 1. The number of amides is 3. The molecule has 0 aliphatic carbocycles. The van der Waals surface area contributed by atoms with E-state index in [-0.39, 0.29) is 79.5 Å². The van der Waals surface area contributed by atoms with Gasteiger partial charge >= 0.3 is 6.09 Å². The minimum absolute atomic E-state index is 0.0371. The Morgan fingerprint density at radius 2 is 1.52 bits per heavy atom. The number of amidine groups is 1. The Morgan fingerprint density at radius 1 is 0.857 bits per heavy atom. The van der Waals surface area contributed by atoms with E-state index >= 15 is 0 Å². The third kappa shape index (κ3) is 16.9. The molecule has 3 N–H and O–H groups in total. The molecule has 1 heterocycles. The Bertz CT molecular complexity index is 1630. The van der Waals surface area contributed by atoms with Crippen LogP contribution in [0.5, 0.6) is 0 Å². The summed E-state index contributed by atoms with van der Waals surface area (Å²) in [5, 5.41) is 9.22. The third-order valence-electron chi connectivity index (χ3n) is 10.2. The quantitative estimate of drug-likeness (QED) is 0.0809. The number of nitrogens with one attached hydrogen (secondary N) is 3. The van der Waals surface area contributed by atoms with Crippen molar-refractivity contribution in [3.63, 3.8) is 0 Å². The first-order valence-electron chi connectivity index (χ1n) is 20.2. The third-order valence-corrected chi connectivity index (χ3v) is 11.2. The van der Waals surface area contributed by atoms with Crippen LogP contribution in [0.4, 0.5) is 4.79 Å². The molecule has 5 atom stereocenters. The minimum Gasteiger partial charge on any atom is -0.445 e. The first kappa shape index (κ1) is 46.1. The summed E-state index contributed by atoms with van der Waals surface area (Å²) in [7, 11) is 0. The highest BCUT2D eigenvalue weighted by Crippen LogP contribution is 2.24. The Morgan fingerprint density at radius 3 is 2.12 bits per heavy atom. The van der Waals surface area contributed by atoms with E-state index in [1.165, 1.54) is 17.3 Å². The fourth-order valence-electron chi connectivity index (χ4n) is 6.66. The molecule has 1 aliphatic rings. The molecule has 3 rings (SSSR count). The number of thioether (sulfide) groups is 1.